The highest BCUT2D eigenvalue weighted by Crippen LogP contribution is 2.20. The number of amides is 2. The van der Waals surface area contributed by atoms with Crippen molar-refractivity contribution in [3.8, 4) is 0 Å². The fourth-order valence-corrected chi connectivity index (χ4v) is 2.19. The van der Waals surface area contributed by atoms with Crippen LogP contribution in [-0.2, 0) is 9.59 Å². The first-order valence-corrected chi connectivity index (χ1v) is 6.69. The van der Waals surface area contributed by atoms with Crippen molar-refractivity contribution in [2.45, 2.75) is 26.2 Å². The average molecular weight is 261 g/mol. The van der Waals surface area contributed by atoms with Crippen LogP contribution in [0.25, 0.3) is 0 Å². The Labute approximate surface area is 113 Å². The molecule has 0 aliphatic carbocycles. The molecule has 5 heteroatoms. The normalized spacial score (nSPS) is 18.7. The van der Waals surface area contributed by atoms with E-state index < -0.39 is 0 Å². The first kappa shape index (κ1) is 13.5. The molecule has 1 N–H and O–H groups in total. The van der Waals surface area contributed by atoms with E-state index in [0.29, 0.717) is 18.7 Å². The molecule has 1 aromatic rings. The van der Waals surface area contributed by atoms with Crippen molar-refractivity contribution in [2.75, 3.05) is 18.4 Å². The number of carbonyl (C=O) groups excluding carboxylic acids is 2. The number of nitrogens with one attached hydrogen (secondary N) is 1. The maximum atomic E-state index is 12.1. The van der Waals surface area contributed by atoms with Crippen LogP contribution in [0, 0.1) is 5.92 Å². The van der Waals surface area contributed by atoms with Crippen LogP contribution >= 0.6 is 0 Å². The summed E-state index contributed by atoms with van der Waals surface area (Å²) in [5.74, 6) is -0.260. The number of hydrogen-bond donors (Lipinski definition) is 1. The lowest BCUT2D eigenvalue weighted by molar-refractivity contribution is -0.128. The minimum absolute atomic E-state index is 0.0831. The lowest BCUT2D eigenvalue weighted by atomic mass is 10.1. The maximum absolute atomic E-state index is 12.1. The van der Waals surface area contributed by atoms with E-state index in [9.17, 15) is 9.59 Å². The lowest BCUT2D eigenvalue weighted by Crippen LogP contribution is -2.29. The SMILES string of the molecule is CCCCN1CC(C(=O)Nc2cccnc2)CC1=O. The van der Waals surface area contributed by atoms with Gasteiger partial charge in [-0.3, -0.25) is 14.6 Å². The number of likely N-dealkylation sites (tertiary alicyclic amines) is 1. The molecule has 2 heterocycles. The van der Waals surface area contributed by atoms with E-state index in [1.165, 1.54) is 0 Å². The zero-order valence-electron chi connectivity index (χ0n) is 11.1. The van der Waals surface area contributed by atoms with E-state index in [4.69, 9.17) is 0 Å². The number of carbonyl (C=O) groups is 2. The number of hydrogen-bond acceptors (Lipinski definition) is 3. The Morgan fingerprint density at radius 3 is 3.11 bits per heavy atom. The molecule has 1 saturated heterocycles. The van der Waals surface area contributed by atoms with E-state index >= 15 is 0 Å². The van der Waals surface area contributed by atoms with Crippen molar-refractivity contribution in [1.29, 1.82) is 0 Å². The van der Waals surface area contributed by atoms with Crippen LogP contribution < -0.4 is 5.32 Å². The van der Waals surface area contributed by atoms with Crippen molar-refractivity contribution in [3.05, 3.63) is 24.5 Å². The van der Waals surface area contributed by atoms with E-state index in [1.807, 2.05) is 0 Å². The molecule has 0 bridgehead atoms. The monoisotopic (exact) mass is 261 g/mol. The first-order chi connectivity index (χ1) is 9.20. The zero-order chi connectivity index (χ0) is 13.7. The Balaban J connectivity index is 1.89. The van der Waals surface area contributed by atoms with Crippen LogP contribution in [0.5, 0.6) is 0 Å². The Morgan fingerprint density at radius 1 is 1.58 bits per heavy atom. The highest BCUT2D eigenvalue weighted by Gasteiger charge is 2.33. The molecule has 19 heavy (non-hydrogen) atoms. The second-order valence-electron chi connectivity index (χ2n) is 4.83. The van der Waals surface area contributed by atoms with Gasteiger partial charge in [0.05, 0.1) is 17.8 Å². The predicted molar refractivity (Wildman–Crippen MR) is 72.5 cm³/mol. The van der Waals surface area contributed by atoms with E-state index in [1.54, 1.807) is 29.4 Å². The number of pyridine rings is 1. The second-order valence-corrected chi connectivity index (χ2v) is 4.83. The third-order valence-electron chi connectivity index (χ3n) is 3.30. The van der Waals surface area contributed by atoms with Crippen LogP contribution in [0.15, 0.2) is 24.5 Å². The van der Waals surface area contributed by atoms with Gasteiger partial charge < -0.3 is 10.2 Å². The molecular formula is C14H19N3O2. The lowest BCUT2D eigenvalue weighted by Gasteiger charge is -2.15. The summed E-state index contributed by atoms with van der Waals surface area (Å²) in [6.45, 7) is 3.38. The molecule has 5 nitrogen and oxygen atoms in total. The van der Waals surface area contributed by atoms with Gasteiger partial charge in [0.15, 0.2) is 0 Å². The number of nitrogens with zero attached hydrogens (tertiary/aromatic N) is 2. The van der Waals surface area contributed by atoms with E-state index in [-0.39, 0.29) is 17.7 Å². The fraction of sp³-hybridized carbons (Fsp3) is 0.500. The summed E-state index contributed by atoms with van der Waals surface area (Å²) >= 11 is 0. The summed E-state index contributed by atoms with van der Waals surface area (Å²) < 4.78 is 0. The maximum Gasteiger partial charge on any atom is 0.229 e. The zero-order valence-corrected chi connectivity index (χ0v) is 11.1. The summed E-state index contributed by atoms with van der Waals surface area (Å²) in [6, 6.07) is 3.56. The van der Waals surface area contributed by atoms with Gasteiger partial charge in [-0.05, 0) is 18.6 Å². The molecule has 1 unspecified atom stereocenters. The largest absolute Gasteiger partial charge is 0.342 e. The Bertz CT molecular complexity index is 447. The van der Waals surface area contributed by atoms with Gasteiger partial charge in [-0.1, -0.05) is 13.3 Å². The molecule has 1 atom stereocenters. The minimum Gasteiger partial charge on any atom is -0.342 e. The Kier molecular flexibility index (Phi) is 4.49. The molecule has 2 rings (SSSR count). The molecular weight excluding hydrogens is 242 g/mol. The van der Waals surface area contributed by atoms with Crippen molar-refractivity contribution in [2.24, 2.45) is 5.92 Å². The number of aromatic nitrogens is 1. The molecule has 1 aromatic heterocycles. The number of anilines is 1. The fourth-order valence-electron chi connectivity index (χ4n) is 2.19. The van der Waals surface area contributed by atoms with Gasteiger partial charge in [0.1, 0.15) is 0 Å². The molecule has 102 valence electrons. The van der Waals surface area contributed by atoms with Crippen LogP contribution in [0.2, 0.25) is 0 Å². The van der Waals surface area contributed by atoms with Gasteiger partial charge in [-0.2, -0.15) is 0 Å². The van der Waals surface area contributed by atoms with Gasteiger partial charge in [-0.25, -0.2) is 0 Å². The molecule has 1 fully saturated rings. The van der Waals surface area contributed by atoms with E-state index in [2.05, 4.69) is 17.2 Å². The molecule has 1 aliphatic rings. The summed E-state index contributed by atoms with van der Waals surface area (Å²) in [6.07, 6.45) is 5.61. The second kappa shape index (κ2) is 6.31. The van der Waals surface area contributed by atoms with Crippen molar-refractivity contribution >= 4 is 17.5 Å². The van der Waals surface area contributed by atoms with Gasteiger partial charge in [-0.15, -0.1) is 0 Å². The molecule has 0 spiro atoms. The third kappa shape index (κ3) is 3.53. The van der Waals surface area contributed by atoms with Crippen molar-refractivity contribution in [3.63, 3.8) is 0 Å². The van der Waals surface area contributed by atoms with Gasteiger partial charge in [0.25, 0.3) is 0 Å². The number of unbranched alkanes of at least 4 members (excludes halogenated alkanes) is 1. The van der Waals surface area contributed by atoms with Crippen LogP contribution in [0.3, 0.4) is 0 Å². The highest BCUT2D eigenvalue weighted by molar-refractivity contribution is 5.97. The topological polar surface area (TPSA) is 62.3 Å². The molecule has 0 radical (unpaired) electrons. The van der Waals surface area contributed by atoms with Gasteiger partial charge in [0.2, 0.25) is 11.8 Å². The van der Waals surface area contributed by atoms with Crippen molar-refractivity contribution < 1.29 is 9.59 Å². The van der Waals surface area contributed by atoms with E-state index in [0.717, 1.165) is 19.4 Å². The van der Waals surface area contributed by atoms with Crippen LogP contribution in [0.4, 0.5) is 5.69 Å². The molecule has 2 amide bonds. The number of rotatable bonds is 5. The quantitative estimate of drug-likeness (QED) is 0.877. The van der Waals surface area contributed by atoms with Crippen molar-refractivity contribution in [1.82, 2.24) is 9.88 Å². The highest BCUT2D eigenvalue weighted by atomic mass is 16.2. The summed E-state index contributed by atoms with van der Waals surface area (Å²) in [5, 5.41) is 2.80. The Morgan fingerprint density at radius 2 is 2.42 bits per heavy atom. The summed E-state index contributed by atoms with van der Waals surface area (Å²) in [4.78, 5) is 29.6. The van der Waals surface area contributed by atoms with Crippen LogP contribution in [0.1, 0.15) is 26.2 Å². The smallest absolute Gasteiger partial charge is 0.229 e. The molecule has 0 saturated carbocycles. The molecule has 0 aromatic carbocycles. The Hall–Kier alpha value is -1.91. The summed E-state index contributed by atoms with van der Waals surface area (Å²) in [5.41, 5.74) is 0.673. The first-order valence-electron chi connectivity index (χ1n) is 6.69. The van der Waals surface area contributed by atoms with Gasteiger partial charge >= 0.3 is 0 Å². The van der Waals surface area contributed by atoms with Gasteiger partial charge in [0, 0.05) is 25.7 Å². The standard InChI is InChI=1S/C14H19N3O2/c1-2-3-7-17-10-11(8-13(17)18)14(19)16-12-5-4-6-15-9-12/h4-6,9,11H,2-3,7-8,10H2,1H3,(H,16,19). The summed E-state index contributed by atoms with van der Waals surface area (Å²) in [7, 11) is 0. The molecule has 1 aliphatic heterocycles. The van der Waals surface area contributed by atoms with Crippen LogP contribution in [-0.4, -0.2) is 34.8 Å². The third-order valence-corrected chi connectivity index (χ3v) is 3.30. The predicted octanol–water partition coefficient (Wildman–Crippen LogP) is 1.67. The minimum atomic E-state index is -0.246. The average Bonchev–Trinajstić information content (AvgIpc) is 2.79.